The lowest BCUT2D eigenvalue weighted by molar-refractivity contribution is 0.113. The fourth-order valence-corrected chi connectivity index (χ4v) is 1.58. The van der Waals surface area contributed by atoms with Crippen molar-refractivity contribution in [3.05, 3.63) is 29.8 Å². The van der Waals surface area contributed by atoms with Crippen LogP contribution in [0.1, 0.15) is 25.8 Å². The van der Waals surface area contributed by atoms with Crippen LogP contribution in [-0.4, -0.2) is 24.9 Å². The lowest BCUT2D eigenvalue weighted by Gasteiger charge is -2.17. The van der Waals surface area contributed by atoms with Crippen molar-refractivity contribution in [1.29, 1.82) is 0 Å². The van der Waals surface area contributed by atoms with Crippen LogP contribution in [0, 0.1) is 5.92 Å². The molecule has 0 radical (unpaired) electrons. The number of aliphatic hydroxyl groups is 1. The van der Waals surface area contributed by atoms with E-state index in [9.17, 15) is 5.11 Å². The van der Waals surface area contributed by atoms with Crippen LogP contribution in [0.5, 0.6) is 5.75 Å². The molecule has 2 unspecified atom stereocenters. The molecule has 1 aromatic carbocycles. The van der Waals surface area contributed by atoms with E-state index in [1.165, 1.54) is 5.56 Å². The Kier molecular flexibility index (Phi) is 6.01. The molecular weight excluding hydrogens is 214 g/mol. The van der Waals surface area contributed by atoms with E-state index in [0.717, 1.165) is 18.7 Å². The molecule has 96 valence electrons. The molecule has 2 atom stereocenters. The van der Waals surface area contributed by atoms with Gasteiger partial charge in [-0.1, -0.05) is 32.4 Å². The third kappa shape index (κ3) is 4.75. The maximum atomic E-state index is 9.80. The molecule has 3 heteroatoms. The molecule has 0 aliphatic carbocycles. The number of ether oxygens (including phenoxy) is 1. The average molecular weight is 237 g/mol. The van der Waals surface area contributed by atoms with Gasteiger partial charge in [0.05, 0.1) is 13.2 Å². The van der Waals surface area contributed by atoms with Gasteiger partial charge in [0, 0.05) is 13.1 Å². The van der Waals surface area contributed by atoms with Crippen molar-refractivity contribution in [2.24, 2.45) is 5.92 Å². The van der Waals surface area contributed by atoms with Crippen molar-refractivity contribution in [1.82, 2.24) is 5.32 Å². The summed E-state index contributed by atoms with van der Waals surface area (Å²) in [6, 6.07) is 7.95. The second-order valence-corrected chi connectivity index (χ2v) is 4.43. The van der Waals surface area contributed by atoms with Gasteiger partial charge >= 0.3 is 0 Å². The molecule has 0 fully saturated rings. The molecule has 17 heavy (non-hydrogen) atoms. The molecular formula is C14H23NO2. The summed E-state index contributed by atoms with van der Waals surface area (Å²) < 4.78 is 5.10. The average Bonchev–Trinajstić information content (AvgIpc) is 2.38. The van der Waals surface area contributed by atoms with Gasteiger partial charge in [-0.15, -0.1) is 0 Å². The Morgan fingerprint density at radius 2 is 1.94 bits per heavy atom. The minimum Gasteiger partial charge on any atom is -0.497 e. The zero-order valence-electron chi connectivity index (χ0n) is 10.9. The second kappa shape index (κ2) is 7.30. The van der Waals surface area contributed by atoms with Gasteiger partial charge in [0.15, 0.2) is 0 Å². The maximum Gasteiger partial charge on any atom is 0.118 e. The monoisotopic (exact) mass is 237 g/mol. The highest BCUT2D eigenvalue weighted by molar-refractivity contribution is 5.26. The van der Waals surface area contributed by atoms with Crippen LogP contribution in [0.25, 0.3) is 0 Å². The van der Waals surface area contributed by atoms with E-state index in [4.69, 9.17) is 4.74 Å². The summed E-state index contributed by atoms with van der Waals surface area (Å²) in [5, 5.41) is 13.1. The van der Waals surface area contributed by atoms with E-state index >= 15 is 0 Å². The van der Waals surface area contributed by atoms with E-state index in [0.29, 0.717) is 12.5 Å². The summed E-state index contributed by atoms with van der Waals surface area (Å²) in [5.74, 6) is 1.21. The van der Waals surface area contributed by atoms with Gasteiger partial charge in [-0.3, -0.25) is 0 Å². The summed E-state index contributed by atoms with van der Waals surface area (Å²) in [6.07, 6.45) is 0.740. The highest BCUT2D eigenvalue weighted by atomic mass is 16.5. The highest BCUT2D eigenvalue weighted by Gasteiger charge is 2.10. The topological polar surface area (TPSA) is 41.5 Å². The quantitative estimate of drug-likeness (QED) is 0.764. The zero-order valence-corrected chi connectivity index (χ0v) is 10.9. The van der Waals surface area contributed by atoms with Crippen LogP contribution in [0.2, 0.25) is 0 Å². The third-order valence-corrected chi connectivity index (χ3v) is 3.14. The fraction of sp³-hybridized carbons (Fsp3) is 0.571. The van der Waals surface area contributed by atoms with E-state index in [-0.39, 0.29) is 6.10 Å². The smallest absolute Gasteiger partial charge is 0.118 e. The predicted molar refractivity (Wildman–Crippen MR) is 70.2 cm³/mol. The molecule has 0 bridgehead atoms. The van der Waals surface area contributed by atoms with Crippen molar-refractivity contribution in [3.8, 4) is 5.75 Å². The number of hydrogen-bond donors (Lipinski definition) is 2. The molecule has 0 heterocycles. The number of benzene rings is 1. The van der Waals surface area contributed by atoms with Crippen LogP contribution in [0.3, 0.4) is 0 Å². The lowest BCUT2D eigenvalue weighted by Crippen LogP contribution is -2.31. The molecule has 0 aliphatic rings. The summed E-state index contributed by atoms with van der Waals surface area (Å²) >= 11 is 0. The third-order valence-electron chi connectivity index (χ3n) is 3.14. The maximum absolute atomic E-state index is 9.80. The van der Waals surface area contributed by atoms with Crippen LogP contribution in [0.15, 0.2) is 24.3 Å². The molecule has 1 rings (SSSR count). The number of methoxy groups -OCH3 is 1. The van der Waals surface area contributed by atoms with Gasteiger partial charge < -0.3 is 15.2 Å². The van der Waals surface area contributed by atoms with Crippen LogP contribution in [-0.2, 0) is 6.54 Å². The van der Waals surface area contributed by atoms with Gasteiger partial charge in [0.25, 0.3) is 0 Å². The number of aliphatic hydroxyl groups excluding tert-OH is 1. The van der Waals surface area contributed by atoms with Gasteiger partial charge in [0.1, 0.15) is 5.75 Å². The largest absolute Gasteiger partial charge is 0.497 e. The van der Waals surface area contributed by atoms with Gasteiger partial charge in [0.2, 0.25) is 0 Å². The molecule has 0 spiro atoms. The van der Waals surface area contributed by atoms with Crippen molar-refractivity contribution in [2.75, 3.05) is 13.7 Å². The summed E-state index contributed by atoms with van der Waals surface area (Å²) in [6.45, 7) is 5.58. The molecule has 0 aliphatic heterocycles. The van der Waals surface area contributed by atoms with E-state index in [2.05, 4.69) is 19.2 Å². The molecule has 3 nitrogen and oxygen atoms in total. The minimum absolute atomic E-state index is 0.266. The Labute approximate surface area is 104 Å². The summed E-state index contributed by atoms with van der Waals surface area (Å²) in [5.41, 5.74) is 1.20. The molecule has 0 aromatic heterocycles. The Balaban J connectivity index is 2.30. The van der Waals surface area contributed by atoms with Crippen molar-refractivity contribution in [2.45, 2.75) is 32.9 Å². The number of rotatable bonds is 7. The second-order valence-electron chi connectivity index (χ2n) is 4.43. The van der Waals surface area contributed by atoms with Gasteiger partial charge in [-0.2, -0.15) is 0 Å². The Bertz CT molecular complexity index is 311. The first-order valence-electron chi connectivity index (χ1n) is 6.19. The number of hydrogen-bond acceptors (Lipinski definition) is 3. The first-order chi connectivity index (χ1) is 8.17. The first kappa shape index (κ1) is 14.0. The van der Waals surface area contributed by atoms with Crippen molar-refractivity contribution >= 4 is 0 Å². The number of nitrogens with one attached hydrogen (secondary N) is 1. The Hall–Kier alpha value is -1.06. The van der Waals surface area contributed by atoms with E-state index in [1.807, 2.05) is 24.3 Å². The minimum atomic E-state index is -0.266. The normalized spacial score (nSPS) is 14.4. The molecule has 0 saturated carbocycles. The summed E-state index contributed by atoms with van der Waals surface area (Å²) in [7, 11) is 1.66. The van der Waals surface area contributed by atoms with E-state index in [1.54, 1.807) is 7.11 Å². The molecule has 1 aromatic rings. The molecule has 0 saturated heterocycles. The first-order valence-corrected chi connectivity index (χ1v) is 6.19. The Morgan fingerprint density at radius 3 is 2.47 bits per heavy atom. The van der Waals surface area contributed by atoms with E-state index < -0.39 is 0 Å². The van der Waals surface area contributed by atoms with Crippen molar-refractivity contribution < 1.29 is 9.84 Å². The van der Waals surface area contributed by atoms with Crippen molar-refractivity contribution in [3.63, 3.8) is 0 Å². The Morgan fingerprint density at radius 1 is 1.29 bits per heavy atom. The summed E-state index contributed by atoms with van der Waals surface area (Å²) in [4.78, 5) is 0. The molecule has 2 N–H and O–H groups in total. The predicted octanol–water partition coefficient (Wildman–Crippen LogP) is 2.19. The highest BCUT2D eigenvalue weighted by Crippen LogP contribution is 2.11. The molecule has 0 amide bonds. The lowest BCUT2D eigenvalue weighted by atomic mass is 10.0. The SMILES string of the molecule is CCC(C)C(O)CNCc1ccc(OC)cc1. The fourth-order valence-electron chi connectivity index (χ4n) is 1.58. The van der Waals surface area contributed by atoms with Crippen LogP contribution >= 0.6 is 0 Å². The standard InChI is InChI=1S/C14H23NO2/c1-4-11(2)14(16)10-15-9-12-5-7-13(17-3)8-6-12/h5-8,11,14-16H,4,9-10H2,1-3H3. The van der Waals surface area contributed by atoms with Gasteiger partial charge in [-0.05, 0) is 23.6 Å². The zero-order chi connectivity index (χ0) is 12.7. The van der Waals surface area contributed by atoms with Crippen LogP contribution < -0.4 is 10.1 Å². The van der Waals surface area contributed by atoms with Gasteiger partial charge in [-0.25, -0.2) is 0 Å². The van der Waals surface area contributed by atoms with Crippen LogP contribution in [0.4, 0.5) is 0 Å².